The number of hydrogen-bond donors (Lipinski definition) is 3. The third-order valence-corrected chi connectivity index (χ3v) is 6.44. The minimum absolute atomic E-state index is 0.0456. The molecule has 0 saturated heterocycles. The number of carbonyl (C=O) groups excluding carboxylic acids is 1. The lowest BCUT2D eigenvalue weighted by atomic mass is 10.0. The number of benzene rings is 3. The minimum atomic E-state index is -5.08. The highest BCUT2D eigenvalue weighted by Gasteiger charge is 2.39. The first-order chi connectivity index (χ1) is 17.7. The summed E-state index contributed by atoms with van der Waals surface area (Å²) in [4.78, 5) is 21.7. The van der Waals surface area contributed by atoms with E-state index in [-0.39, 0.29) is 5.91 Å². The highest BCUT2D eigenvalue weighted by Crippen LogP contribution is 2.41. The summed E-state index contributed by atoms with van der Waals surface area (Å²) in [6.45, 7) is 1.15. The number of rotatable bonds is 8. The Morgan fingerprint density at radius 2 is 1.54 bits per heavy atom. The summed E-state index contributed by atoms with van der Waals surface area (Å²) in [5.41, 5.74) is 5.36. The Balaban J connectivity index is 0.000000405. The lowest BCUT2D eigenvalue weighted by Crippen LogP contribution is -2.21. The van der Waals surface area contributed by atoms with Gasteiger partial charge in [-0.05, 0) is 79.1 Å². The molecule has 37 heavy (non-hydrogen) atoms. The summed E-state index contributed by atoms with van der Waals surface area (Å²) in [6.07, 6.45) is -0.240. The van der Waals surface area contributed by atoms with Gasteiger partial charge in [-0.2, -0.15) is 13.2 Å². The molecule has 2 aliphatic rings. The molecule has 2 fully saturated rings. The van der Waals surface area contributed by atoms with Gasteiger partial charge in [-0.3, -0.25) is 4.79 Å². The molecule has 3 N–H and O–H groups in total. The molecule has 0 unspecified atom stereocenters. The van der Waals surface area contributed by atoms with Crippen LogP contribution in [0.5, 0.6) is 0 Å². The molecule has 3 aromatic carbocycles. The van der Waals surface area contributed by atoms with Crippen LogP contribution < -0.4 is 10.6 Å². The molecule has 0 radical (unpaired) electrons. The number of alkyl halides is 3. The van der Waals surface area contributed by atoms with Crippen LogP contribution in [0.25, 0.3) is 0 Å². The van der Waals surface area contributed by atoms with Crippen molar-refractivity contribution in [2.45, 2.75) is 43.8 Å². The van der Waals surface area contributed by atoms with Crippen LogP contribution in [-0.4, -0.2) is 35.7 Å². The monoisotopic (exact) mass is 510 g/mol. The predicted octanol–water partition coefficient (Wildman–Crippen LogP) is 6.02. The van der Waals surface area contributed by atoms with Crippen molar-refractivity contribution in [3.63, 3.8) is 0 Å². The van der Waals surface area contributed by atoms with E-state index < -0.39 is 12.1 Å². The van der Waals surface area contributed by atoms with Crippen molar-refractivity contribution in [2.24, 2.45) is 5.92 Å². The normalized spacial score (nSPS) is 18.4. The van der Waals surface area contributed by atoms with Crippen molar-refractivity contribution in [3.8, 4) is 0 Å². The Labute approximate surface area is 213 Å². The van der Waals surface area contributed by atoms with Crippen LogP contribution in [0, 0.1) is 5.92 Å². The molecule has 0 bridgehead atoms. The second-order valence-electron chi connectivity index (χ2n) is 9.54. The lowest BCUT2D eigenvalue weighted by Gasteiger charge is -2.09. The zero-order valence-electron chi connectivity index (χ0n) is 20.2. The maximum absolute atomic E-state index is 12.8. The molecular formula is C29H29F3N2O3. The molecule has 0 aromatic heterocycles. The Morgan fingerprint density at radius 3 is 2.16 bits per heavy atom. The number of carboxylic acid groups (broad SMARTS) is 1. The van der Waals surface area contributed by atoms with Crippen LogP contribution in [0.1, 0.15) is 52.2 Å². The molecule has 5 nitrogen and oxygen atoms in total. The molecule has 5 rings (SSSR count). The molecular weight excluding hydrogens is 481 g/mol. The zero-order chi connectivity index (χ0) is 26.4. The first-order valence-corrected chi connectivity index (χ1v) is 12.3. The van der Waals surface area contributed by atoms with Gasteiger partial charge in [0.1, 0.15) is 0 Å². The van der Waals surface area contributed by atoms with Gasteiger partial charge in [-0.1, -0.05) is 54.6 Å². The number of aliphatic carboxylic acids is 1. The van der Waals surface area contributed by atoms with Gasteiger partial charge in [-0.25, -0.2) is 4.79 Å². The molecule has 2 atom stereocenters. The van der Waals surface area contributed by atoms with Crippen LogP contribution in [0.2, 0.25) is 0 Å². The fourth-order valence-corrected chi connectivity index (χ4v) is 4.08. The third-order valence-electron chi connectivity index (χ3n) is 6.44. The maximum atomic E-state index is 12.8. The Morgan fingerprint density at radius 1 is 0.892 bits per heavy atom. The largest absolute Gasteiger partial charge is 0.490 e. The number of carboxylic acids is 1. The van der Waals surface area contributed by atoms with E-state index in [0.717, 1.165) is 30.1 Å². The fraction of sp³-hybridized carbons (Fsp3) is 0.310. The van der Waals surface area contributed by atoms with Crippen LogP contribution in [0.3, 0.4) is 0 Å². The van der Waals surface area contributed by atoms with Crippen molar-refractivity contribution in [2.75, 3.05) is 11.9 Å². The first kappa shape index (κ1) is 26.4. The van der Waals surface area contributed by atoms with E-state index in [4.69, 9.17) is 9.90 Å². The summed E-state index contributed by atoms with van der Waals surface area (Å²) in [6, 6.07) is 27.3. The standard InChI is InChI=1S/C27H28N2O.C2HF3O2/c30-27(29-24-13-11-20(12-14-24)15-19-5-2-1-3-6-19)23-8-4-7-22(16-23)25-17-26(25)28-18-21-9-10-21;3-2(4,5)1(6)7/h1-8,11-14,16,21,25-26,28H,9-10,15,17-18H2,(H,29,30);(H,6,7)/t25-,26+;/m0./s1. The van der Waals surface area contributed by atoms with Gasteiger partial charge in [0.15, 0.2) is 0 Å². The Bertz CT molecular complexity index is 1210. The summed E-state index contributed by atoms with van der Waals surface area (Å²) >= 11 is 0. The topological polar surface area (TPSA) is 78.4 Å². The summed E-state index contributed by atoms with van der Waals surface area (Å²) < 4.78 is 31.7. The van der Waals surface area contributed by atoms with Gasteiger partial charge >= 0.3 is 12.1 Å². The van der Waals surface area contributed by atoms with Crippen LogP contribution in [0.4, 0.5) is 18.9 Å². The predicted molar refractivity (Wildman–Crippen MR) is 136 cm³/mol. The molecule has 3 aromatic rings. The smallest absolute Gasteiger partial charge is 0.475 e. The molecule has 8 heteroatoms. The van der Waals surface area contributed by atoms with E-state index in [1.807, 2.05) is 30.3 Å². The van der Waals surface area contributed by atoms with E-state index in [0.29, 0.717) is 12.0 Å². The fourth-order valence-electron chi connectivity index (χ4n) is 4.08. The number of nitrogens with one attached hydrogen (secondary N) is 2. The van der Waals surface area contributed by atoms with Crippen LogP contribution in [0.15, 0.2) is 78.9 Å². The Hall–Kier alpha value is -3.65. The second-order valence-corrected chi connectivity index (χ2v) is 9.54. The molecule has 2 saturated carbocycles. The SMILES string of the molecule is O=C(Nc1ccc(Cc2ccccc2)cc1)c1cccc([C@@H]2C[C@H]2NCC2CC2)c1.O=C(O)C(F)(F)F. The molecule has 0 heterocycles. The van der Waals surface area contributed by atoms with E-state index in [9.17, 15) is 18.0 Å². The number of amides is 1. The highest BCUT2D eigenvalue weighted by molar-refractivity contribution is 6.04. The summed E-state index contributed by atoms with van der Waals surface area (Å²) in [5.74, 6) is -1.35. The van der Waals surface area contributed by atoms with E-state index in [2.05, 4.69) is 59.2 Å². The van der Waals surface area contributed by atoms with Gasteiger partial charge in [0.05, 0.1) is 0 Å². The average molecular weight is 511 g/mol. The number of hydrogen-bond acceptors (Lipinski definition) is 3. The van der Waals surface area contributed by atoms with Crippen molar-refractivity contribution in [1.29, 1.82) is 0 Å². The maximum Gasteiger partial charge on any atom is 0.490 e. The van der Waals surface area contributed by atoms with Crippen molar-refractivity contribution >= 4 is 17.6 Å². The van der Waals surface area contributed by atoms with Gasteiger partial charge in [-0.15, -0.1) is 0 Å². The van der Waals surface area contributed by atoms with Crippen molar-refractivity contribution in [1.82, 2.24) is 5.32 Å². The summed E-state index contributed by atoms with van der Waals surface area (Å²) in [7, 11) is 0. The highest BCUT2D eigenvalue weighted by atomic mass is 19.4. The second kappa shape index (κ2) is 11.6. The number of carbonyl (C=O) groups is 2. The Kier molecular flexibility index (Phi) is 8.28. The van der Waals surface area contributed by atoms with Crippen molar-refractivity contribution < 1.29 is 27.9 Å². The average Bonchev–Trinajstić information content (AvgIpc) is 3.80. The molecule has 0 aliphatic heterocycles. The van der Waals surface area contributed by atoms with Gasteiger partial charge in [0.2, 0.25) is 0 Å². The molecule has 2 aliphatic carbocycles. The molecule has 194 valence electrons. The van der Waals surface area contributed by atoms with Gasteiger partial charge in [0, 0.05) is 23.2 Å². The molecule has 0 spiro atoms. The zero-order valence-corrected chi connectivity index (χ0v) is 20.2. The van der Waals surface area contributed by atoms with Crippen LogP contribution >= 0.6 is 0 Å². The van der Waals surface area contributed by atoms with E-state index in [1.165, 1.54) is 36.0 Å². The van der Waals surface area contributed by atoms with E-state index >= 15 is 0 Å². The van der Waals surface area contributed by atoms with Crippen LogP contribution in [-0.2, 0) is 11.2 Å². The van der Waals surface area contributed by atoms with E-state index in [1.54, 1.807) is 0 Å². The first-order valence-electron chi connectivity index (χ1n) is 12.3. The minimum Gasteiger partial charge on any atom is -0.475 e. The summed E-state index contributed by atoms with van der Waals surface area (Å²) in [5, 5.41) is 13.8. The number of anilines is 1. The van der Waals surface area contributed by atoms with Crippen molar-refractivity contribution in [3.05, 3.63) is 101 Å². The number of halogens is 3. The lowest BCUT2D eigenvalue weighted by molar-refractivity contribution is -0.192. The quantitative estimate of drug-likeness (QED) is 0.346. The van der Waals surface area contributed by atoms with Gasteiger partial charge < -0.3 is 15.7 Å². The molecule has 1 amide bonds. The van der Waals surface area contributed by atoms with Gasteiger partial charge in [0.25, 0.3) is 5.91 Å². The third kappa shape index (κ3) is 8.18.